The lowest BCUT2D eigenvalue weighted by atomic mass is 9.97. The molecule has 0 spiro atoms. The number of hydrogen-bond acceptors (Lipinski definition) is 9. The Kier molecular flexibility index (Phi) is 10.4. The van der Waals surface area contributed by atoms with Crippen LogP contribution >= 0.6 is 7.75 Å². The van der Waals surface area contributed by atoms with Crippen molar-refractivity contribution in [1.82, 2.24) is 14.6 Å². The first-order valence-corrected chi connectivity index (χ1v) is 14.9. The molecule has 1 aliphatic carbocycles. The molecule has 2 fully saturated rings. The molecular weight excluding hydrogens is 562 g/mol. The van der Waals surface area contributed by atoms with E-state index >= 15 is 4.39 Å². The number of aliphatic hydroxyl groups excluding tert-OH is 1. The van der Waals surface area contributed by atoms with Gasteiger partial charge in [0.15, 0.2) is 12.4 Å². The van der Waals surface area contributed by atoms with Crippen molar-refractivity contribution in [2.75, 3.05) is 19.8 Å². The number of H-pyrrole nitrogens is 1. The number of hydrogen-bond donors (Lipinski definition) is 3. The van der Waals surface area contributed by atoms with Gasteiger partial charge in [-0.25, -0.2) is 18.8 Å². The minimum atomic E-state index is -4.24. The normalized spacial score (nSPS) is 27.0. The van der Waals surface area contributed by atoms with Gasteiger partial charge in [0.1, 0.15) is 17.5 Å². The van der Waals surface area contributed by atoms with Crippen molar-refractivity contribution in [1.29, 1.82) is 0 Å². The predicted octanol–water partition coefficient (Wildman–Crippen LogP) is 3.34. The Morgan fingerprint density at radius 3 is 2.71 bits per heavy atom. The highest BCUT2D eigenvalue weighted by molar-refractivity contribution is 7.52. The third-order valence-corrected chi connectivity index (χ3v) is 8.63. The van der Waals surface area contributed by atoms with E-state index in [1.807, 2.05) is 4.98 Å². The molecule has 0 radical (unpaired) electrons. The summed E-state index contributed by atoms with van der Waals surface area (Å²) in [7, 11) is -4.24. The minimum Gasteiger partial charge on any atom is -0.413 e. The Balaban J connectivity index is 1.55. The summed E-state index contributed by atoms with van der Waals surface area (Å²) in [5, 5.41) is 17.1. The number of aromatic amines is 1. The van der Waals surface area contributed by atoms with E-state index in [0.717, 1.165) is 42.5 Å². The lowest BCUT2D eigenvalue weighted by molar-refractivity contribution is -0.119. The fraction of sp³-hybridized carbons (Fsp3) is 0.600. The van der Waals surface area contributed by atoms with Gasteiger partial charge in [0, 0.05) is 23.2 Å². The number of rotatable bonds is 13. The van der Waals surface area contributed by atoms with Crippen LogP contribution in [0.3, 0.4) is 0 Å². The maximum absolute atomic E-state index is 15.4. The van der Waals surface area contributed by atoms with Crippen molar-refractivity contribution >= 4 is 7.75 Å². The zero-order valence-electron chi connectivity index (χ0n) is 22.5. The first-order valence-electron chi connectivity index (χ1n) is 13.4. The lowest BCUT2D eigenvalue weighted by Gasteiger charge is -2.32. The largest absolute Gasteiger partial charge is 0.459 e. The fourth-order valence-corrected chi connectivity index (χ4v) is 6.41. The van der Waals surface area contributed by atoms with Gasteiger partial charge in [-0.1, -0.05) is 42.6 Å². The van der Waals surface area contributed by atoms with Crippen molar-refractivity contribution in [2.24, 2.45) is 5.11 Å². The summed E-state index contributed by atoms with van der Waals surface area (Å²) < 4.78 is 53.3. The van der Waals surface area contributed by atoms with Crippen LogP contribution in [0.4, 0.5) is 4.39 Å². The van der Waals surface area contributed by atoms with E-state index in [1.165, 1.54) is 6.42 Å². The Labute approximate surface area is 235 Å². The number of aromatic nitrogens is 2. The van der Waals surface area contributed by atoms with Crippen molar-refractivity contribution in [3.63, 3.8) is 0 Å². The van der Waals surface area contributed by atoms with Gasteiger partial charge < -0.3 is 19.1 Å². The van der Waals surface area contributed by atoms with Crippen LogP contribution in [0.5, 0.6) is 5.75 Å². The monoisotopic (exact) mass is 596 g/mol. The van der Waals surface area contributed by atoms with Gasteiger partial charge >= 0.3 is 13.4 Å². The molecular formula is C25H34FN6O8P. The van der Waals surface area contributed by atoms with Crippen LogP contribution in [0.2, 0.25) is 0 Å². The van der Waals surface area contributed by atoms with Gasteiger partial charge in [-0.05, 0) is 37.4 Å². The van der Waals surface area contributed by atoms with Gasteiger partial charge in [-0.2, -0.15) is 0 Å². The molecule has 14 nitrogen and oxygen atoms in total. The zero-order chi connectivity index (χ0) is 29.5. The quantitative estimate of drug-likeness (QED) is 0.135. The molecule has 1 saturated heterocycles. The number of nitrogens with zero attached hydrogens (tertiary/aromatic N) is 4. The molecule has 2 aliphatic rings. The molecule has 3 N–H and O–H groups in total. The van der Waals surface area contributed by atoms with Crippen LogP contribution in [-0.4, -0.2) is 64.4 Å². The summed E-state index contributed by atoms with van der Waals surface area (Å²) >= 11 is 0. The molecule has 16 heteroatoms. The second-order valence-corrected chi connectivity index (χ2v) is 11.9. The smallest absolute Gasteiger partial charge is 0.413 e. The molecule has 2 heterocycles. The van der Waals surface area contributed by atoms with Gasteiger partial charge in [0.05, 0.1) is 25.9 Å². The summed E-state index contributed by atoms with van der Waals surface area (Å²) in [6.07, 6.45) is 0.453. The first kappa shape index (κ1) is 30.9. The highest BCUT2D eigenvalue weighted by Crippen LogP contribution is 2.48. The molecule has 2 aromatic rings. The second kappa shape index (κ2) is 13.8. The molecule has 41 heavy (non-hydrogen) atoms. The first-order chi connectivity index (χ1) is 19.6. The van der Waals surface area contributed by atoms with Gasteiger partial charge in [-0.15, -0.1) is 0 Å². The summed E-state index contributed by atoms with van der Waals surface area (Å²) in [6.45, 7) is 0.559. The Hall–Kier alpha value is -3.03. The summed E-state index contributed by atoms with van der Waals surface area (Å²) in [5.41, 5.74) is 5.19. The summed E-state index contributed by atoms with van der Waals surface area (Å²) in [5.74, 6) is 0.210. The van der Waals surface area contributed by atoms with Crippen LogP contribution < -0.4 is 20.9 Å². The van der Waals surface area contributed by atoms with Crippen molar-refractivity contribution < 1.29 is 32.6 Å². The average molecular weight is 597 g/mol. The van der Waals surface area contributed by atoms with E-state index in [2.05, 4.69) is 15.1 Å². The highest BCUT2D eigenvalue weighted by atomic mass is 31.2. The Morgan fingerprint density at radius 1 is 1.29 bits per heavy atom. The van der Waals surface area contributed by atoms with E-state index in [1.54, 1.807) is 37.3 Å². The number of ether oxygens (including phenoxy) is 2. The SMILES string of the molecule is CC(COC1CCCCC1)NP(=O)(OC[C@@]1(CN=[N+]=[N-])O[C@@H](n2ccc(=O)[nH]c2=O)[C@H](F)[C@@H]1O)Oc1ccccc1. The number of halogens is 1. The summed E-state index contributed by atoms with van der Waals surface area (Å²) in [6, 6.07) is 8.68. The zero-order valence-corrected chi connectivity index (χ0v) is 23.4. The molecule has 6 atom stereocenters. The summed E-state index contributed by atoms with van der Waals surface area (Å²) in [4.78, 5) is 28.4. The van der Waals surface area contributed by atoms with Crippen LogP contribution in [0, 0.1) is 0 Å². The average Bonchev–Trinajstić information content (AvgIpc) is 3.20. The maximum atomic E-state index is 15.4. The van der Waals surface area contributed by atoms with E-state index in [9.17, 15) is 19.3 Å². The van der Waals surface area contributed by atoms with Gasteiger partial charge in [0.25, 0.3) is 5.56 Å². The van der Waals surface area contributed by atoms with Crippen LogP contribution in [0.15, 0.2) is 57.3 Å². The molecule has 1 aromatic heterocycles. The molecule has 1 aliphatic heterocycles. The van der Waals surface area contributed by atoms with Gasteiger partial charge in [-0.3, -0.25) is 18.9 Å². The highest BCUT2D eigenvalue weighted by Gasteiger charge is 2.57. The standard InChI is InChI=1S/C25H34FN6O8P/c1-17(14-37-18-8-4-2-5-9-18)30-41(36,40-19-10-6-3-7-11-19)38-16-25(15-28-31-27)22(34)21(26)23(39-25)32-13-12-20(33)29-24(32)35/h3,6-7,10-13,17-18,21-23,34H,2,4-5,8-9,14-16H2,1H3,(H,30,36)(H,29,33,35)/t17?,21-,22+,23-,25-,41?/m1/s1. The fourth-order valence-electron chi connectivity index (χ4n) is 4.83. The molecule has 2 unspecified atom stereocenters. The number of nitrogens with one attached hydrogen (secondary N) is 2. The van der Waals surface area contributed by atoms with E-state index in [4.69, 9.17) is 24.1 Å². The number of benzene rings is 1. The topological polar surface area (TPSA) is 190 Å². The van der Waals surface area contributed by atoms with E-state index in [0.29, 0.717) is 0 Å². The molecule has 0 bridgehead atoms. The lowest BCUT2D eigenvalue weighted by Crippen LogP contribution is -2.49. The van der Waals surface area contributed by atoms with Crippen molar-refractivity contribution in [3.8, 4) is 5.75 Å². The van der Waals surface area contributed by atoms with Gasteiger partial charge in [0.2, 0.25) is 0 Å². The van der Waals surface area contributed by atoms with E-state index < -0.39 is 62.3 Å². The van der Waals surface area contributed by atoms with E-state index in [-0.39, 0.29) is 18.5 Å². The Morgan fingerprint density at radius 2 is 2.02 bits per heavy atom. The number of azide groups is 1. The third-order valence-electron chi connectivity index (χ3n) is 6.96. The van der Waals surface area contributed by atoms with Crippen molar-refractivity contribution in [2.45, 2.75) is 75.3 Å². The Bertz CT molecular complexity index is 1370. The third kappa shape index (κ3) is 7.83. The van der Waals surface area contributed by atoms with Crippen LogP contribution in [-0.2, 0) is 18.6 Å². The maximum Gasteiger partial charge on any atom is 0.459 e. The number of alkyl halides is 1. The predicted molar refractivity (Wildman–Crippen MR) is 145 cm³/mol. The van der Waals surface area contributed by atoms with Crippen LogP contribution in [0.25, 0.3) is 10.4 Å². The second-order valence-electron chi connectivity index (χ2n) is 10.2. The van der Waals surface area contributed by atoms with Crippen molar-refractivity contribution in [3.05, 3.63) is 73.9 Å². The number of para-hydroxylation sites is 1. The molecule has 1 saturated carbocycles. The molecule has 1 aromatic carbocycles. The van der Waals surface area contributed by atoms with Crippen LogP contribution in [0.1, 0.15) is 45.3 Å². The molecule has 4 rings (SSSR count). The number of aliphatic hydroxyl groups is 1. The molecule has 224 valence electrons. The molecule has 0 amide bonds. The minimum absolute atomic E-state index is 0.104.